The van der Waals surface area contributed by atoms with E-state index in [1.807, 2.05) is 105 Å². The summed E-state index contributed by atoms with van der Waals surface area (Å²) in [5.41, 5.74) is 12.1. The Kier molecular flexibility index (Phi) is 15.0. The van der Waals surface area contributed by atoms with Crippen LogP contribution in [-0.2, 0) is 48.2 Å². The van der Waals surface area contributed by atoms with Crippen molar-refractivity contribution in [3.8, 4) is 0 Å². The first-order valence-corrected chi connectivity index (χ1v) is 18.7. The molecule has 0 radical (unpaired) electrons. The SMILES string of the molecule is CCCCC[C@H]1OC(C)(C)O[C@H]1[C@H](CS[C@H]1O[C@H](CO)[C@H](OCc2ccccc2)[C@H](OCc2ccccc2)[C@H]1OCc1ccccc1)N=[N+]=[N-]. The lowest BCUT2D eigenvalue weighted by atomic mass is 9.99. The number of aliphatic hydroxyl groups is 1. The third kappa shape index (κ3) is 11.0. The highest BCUT2D eigenvalue weighted by atomic mass is 32.2. The molecule has 11 heteroatoms. The van der Waals surface area contributed by atoms with Crippen molar-refractivity contribution in [1.82, 2.24) is 0 Å². The van der Waals surface area contributed by atoms with E-state index in [9.17, 15) is 10.6 Å². The minimum atomic E-state index is -0.792. The predicted molar refractivity (Wildman–Crippen MR) is 194 cm³/mol. The van der Waals surface area contributed by atoms with Crippen molar-refractivity contribution in [3.63, 3.8) is 0 Å². The molecule has 2 aliphatic heterocycles. The lowest BCUT2D eigenvalue weighted by Gasteiger charge is -2.46. The minimum absolute atomic E-state index is 0.201. The molecule has 2 saturated heterocycles. The van der Waals surface area contributed by atoms with Gasteiger partial charge in [0, 0.05) is 10.7 Å². The number of hydrogen-bond donors (Lipinski definition) is 1. The van der Waals surface area contributed by atoms with Crippen LogP contribution in [0.3, 0.4) is 0 Å². The number of hydrogen-bond acceptors (Lipinski definition) is 9. The van der Waals surface area contributed by atoms with E-state index in [2.05, 4.69) is 16.9 Å². The topological polar surface area (TPSA) is 124 Å². The van der Waals surface area contributed by atoms with Crippen LogP contribution in [0.1, 0.15) is 63.1 Å². The molecule has 0 aliphatic carbocycles. The van der Waals surface area contributed by atoms with Gasteiger partial charge in [-0.1, -0.05) is 122 Å². The Labute approximate surface area is 300 Å². The van der Waals surface area contributed by atoms with Crippen molar-refractivity contribution in [1.29, 1.82) is 0 Å². The van der Waals surface area contributed by atoms with Crippen LogP contribution >= 0.6 is 11.8 Å². The molecule has 2 fully saturated rings. The molecule has 0 bridgehead atoms. The number of aliphatic hydroxyl groups excluding tert-OH is 1. The van der Waals surface area contributed by atoms with Crippen molar-refractivity contribution in [3.05, 3.63) is 118 Å². The molecule has 0 unspecified atom stereocenters. The average Bonchev–Trinajstić information content (AvgIpc) is 3.45. The van der Waals surface area contributed by atoms with Crippen LogP contribution in [0.15, 0.2) is 96.1 Å². The second-order valence-electron chi connectivity index (χ2n) is 13.2. The van der Waals surface area contributed by atoms with Gasteiger partial charge >= 0.3 is 0 Å². The number of rotatable bonds is 19. The van der Waals surface area contributed by atoms with E-state index >= 15 is 0 Å². The van der Waals surface area contributed by atoms with Gasteiger partial charge in [-0.25, -0.2) is 0 Å². The lowest BCUT2D eigenvalue weighted by Crippen LogP contribution is -2.60. The molecular formula is C39H51N3O7S. The molecule has 3 aromatic rings. The molecule has 0 spiro atoms. The van der Waals surface area contributed by atoms with Gasteiger partial charge in [-0.15, -0.1) is 11.8 Å². The molecule has 0 aromatic heterocycles. The van der Waals surface area contributed by atoms with E-state index in [1.54, 1.807) is 0 Å². The smallest absolute Gasteiger partial charge is 0.163 e. The molecule has 3 aromatic carbocycles. The predicted octanol–water partition coefficient (Wildman–Crippen LogP) is 7.97. The Balaban J connectivity index is 1.41. The third-order valence-corrected chi connectivity index (χ3v) is 10.2. The van der Waals surface area contributed by atoms with Gasteiger partial charge in [0.1, 0.15) is 29.9 Å². The van der Waals surface area contributed by atoms with Crippen molar-refractivity contribution in [2.45, 2.75) is 120 Å². The molecule has 2 aliphatic rings. The average molecular weight is 706 g/mol. The van der Waals surface area contributed by atoms with Crippen LogP contribution in [0.5, 0.6) is 0 Å². The number of thioether (sulfide) groups is 1. The van der Waals surface area contributed by atoms with Crippen molar-refractivity contribution in [2.75, 3.05) is 12.4 Å². The molecule has 1 N–H and O–H groups in total. The highest BCUT2D eigenvalue weighted by Crippen LogP contribution is 2.39. The zero-order valence-corrected chi connectivity index (χ0v) is 30.1. The molecular weight excluding hydrogens is 655 g/mol. The van der Waals surface area contributed by atoms with E-state index < -0.39 is 47.8 Å². The number of azide groups is 1. The van der Waals surface area contributed by atoms with Crippen molar-refractivity contribution < 1.29 is 33.5 Å². The number of nitrogens with zero attached hydrogens (tertiary/aromatic N) is 3. The van der Waals surface area contributed by atoms with Gasteiger partial charge in [0.25, 0.3) is 0 Å². The summed E-state index contributed by atoms with van der Waals surface area (Å²) in [5, 5.41) is 14.9. The molecule has 0 saturated carbocycles. The highest BCUT2D eigenvalue weighted by Gasteiger charge is 2.50. The minimum Gasteiger partial charge on any atom is -0.394 e. The Hall–Kier alpha value is -2.96. The first kappa shape index (κ1) is 38.3. The van der Waals surface area contributed by atoms with Gasteiger partial charge in [0.15, 0.2) is 5.79 Å². The summed E-state index contributed by atoms with van der Waals surface area (Å²) in [7, 11) is 0. The summed E-state index contributed by atoms with van der Waals surface area (Å²) in [5.74, 6) is -0.410. The van der Waals surface area contributed by atoms with Gasteiger partial charge in [-0.2, -0.15) is 0 Å². The van der Waals surface area contributed by atoms with E-state index in [4.69, 9.17) is 28.4 Å². The summed E-state index contributed by atoms with van der Waals surface area (Å²) >= 11 is 1.47. The maximum Gasteiger partial charge on any atom is 0.163 e. The first-order valence-electron chi connectivity index (χ1n) is 17.6. The number of unbranched alkanes of at least 4 members (excludes halogenated alkanes) is 2. The summed E-state index contributed by atoms with van der Waals surface area (Å²) in [6.07, 6.45) is 0.842. The Morgan fingerprint density at radius 2 is 1.32 bits per heavy atom. The van der Waals surface area contributed by atoms with Crippen LogP contribution in [0.4, 0.5) is 0 Å². The fourth-order valence-electron chi connectivity index (χ4n) is 6.49. The molecule has 50 heavy (non-hydrogen) atoms. The summed E-state index contributed by atoms with van der Waals surface area (Å²) in [6.45, 7) is 6.63. The molecule has 8 atom stereocenters. The largest absolute Gasteiger partial charge is 0.394 e. The monoisotopic (exact) mass is 705 g/mol. The van der Waals surface area contributed by atoms with Crippen LogP contribution in [0.25, 0.3) is 10.4 Å². The van der Waals surface area contributed by atoms with E-state index in [-0.39, 0.29) is 12.7 Å². The van der Waals surface area contributed by atoms with E-state index in [0.717, 1.165) is 42.4 Å². The second kappa shape index (κ2) is 19.6. The van der Waals surface area contributed by atoms with Crippen LogP contribution in [0, 0.1) is 0 Å². The summed E-state index contributed by atoms with van der Waals surface area (Å²) in [6, 6.07) is 29.3. The van der Waals surface area contributed by atoms with Crippen LogP contribution in [0.2, 0.25) is 0 Å². The fraction of sp³-hybridized carbons (Fsp3) is 0.538. The Morgan fingerprint density at radius 1 is 0.780 bits per heavy atom. The van der Waals surface area contributed by atoms with E-state index in [1.165, 1.54) is 11.8 Å². The third-order valence-electron chi connectivity index (χ3n) is 8.95. The second-order valence-corrected chi connectivity index (χ2v) is 14.4. The maximum atomic E-state index is 10.7. The molecule has 10 nitrogen and oxygen atoms in total. The van der Waals surface area contributed by atoms with Gasteiger partial charge < -0.3 is 33.5 Å². The number of ether oxygens (including phenoxy) is 6. The van der Waals surface area contributed by atoms with Crippen molar-refractivity contribution in [2.24, 2.45) is 5.11 Å². The normalized spacial score (nSPS) is 26.7. The first-order chi connectivity index (χ1) is 24.4. The fourth-order valence-corrected chi connectivity index (χ4v) is 7.78. The summed E-state index contributed by atoms with van der Waals surface area (Å²) < 4.78 is 39.2. The molecule has 0 amide bonds. The Morgan fingerprint density at radius 3 is 1.84 bits per heavy atom. The van der Waals surface area contributed by atoms with Gasteiger partial charge in [-0.05, 0) is 42.5 Å². The van der Waals surface area contributed by atoms with Crippen molar-refractivity contribution >= 4 is 11.8 Å². The lowest BCUT2D eigenvalue weighted by molar-refractivity contribution is -0.251. The van der Waals surface area contributed by atoms with Crippen LogP contribution < -0.4 is 0 Å². The highest BCUT2D eigenvalue weighted by molar-refractivity contribution is 7.99. The maximum absolute atomic E-state index is 10.7. The van der Waals surface area contributed by atoms with Crippen LogP contribution in [-0.4, -0.2) is 71.4 Å². The van der Waals surface area contributed by atoms with Gasteiger partial charge in [-0.3, -0.25) is 0 Å². The Bertz CT molecular complexity index is 1450. The van der Waals surface area contributed by atoms with Gasteiger partial charge in [0.05, 0.1) is 44.7 Å². The zero-order chi connectivity index (χ0) is 35.2. The zero-order valence-electron chi connectivity index (χ0n) is 29.3. The number of benzene rings is 3. The van der Waals surface area contributed by atoms with E-state index in [0.29, 0.717) is 25.6 Å². The molecule has 2 heterocycles. The quantitative estimate of drug-likeness (QED) is 0.0577. The van der Waals surface area contributed by atoms with Gasteiger partial charge in [0.2, 0.25) is 0 Å². The summed E-state index contributed by atoms with van der Waals surface area (Å²) in [4.78, 5) is 3.21. The molecule has 5 rings (SSSR count). The molecule has 270 valence electrons. The standard InChI is InChI=1S/C39H51N3O7S/c1-4-5-9-22-32-34(49-39(2,3)48-32)31(41-42-40)27-50-38-37(46-26-30-20-14-8-15-21-30)36(45-25-29-18-12-7-13-19-29)35(33(23-43)47-38)44-24-28-16-10-6-11-17-28/h6-8,10-21,31-38,43H,4-5,9,22-27H2,1-3H3/t31-,32+,33+,34-,35-,36-,37+,38+/m0/s1.